The molecule has 0 bridgehead atoms. The monoisotopic (exact) mass is 257 g/mol. The Kier molecular flexibility index (Phi) is 3.93. The number of carbonyl (C=O) groups is 1. The number of hydrazine groups is 1. The van der Waals surface area contributed by atoms with Gasteiger partial charge in [0.2, 0.25) is 0 Å². The molecule has 86 valence electrons. The van der Waals surface area contributed by atoms with Gasteiger partial charge in [0, 0.05) is 16.5 Å². The van der Waals surface area contributed by atoms with Gasteiger partial charge in [-0.15, -0.1) is 0 Å². The Morgan fingerprint density at radius 3 is 2.88 bits per heavy atom. The van der Waals surface area contributed by atoms with Crippen molar-refractivity contribution in [3.8, 4) is 0 Å². The van der Waals surface area contributed by atoms with Crippen molar-refractivity contribution in [2.75, 3.05) is 5.75 Å². The van der Waals surface area contributed by atoms with Crippen molar-refractivity contribution in [1.82, 2.24) is 16.2 Å². The molecular formula is C10H12ClN3OS. The van der Waals surface area contributed by atoms with E-state index in [4.69, 9.17) is 11.6 Å². The number of halogens is 1. The van der Waals surface area contributed by atoms with Crippen LogP contribution in [0.1, 0.15) is 5.56 Å². The normalized spacial score (nSPS) is 19.3. The second kappa shape index (κ2) is 5.43. The summed E-state index contributed by atoms with van der Waals surface area (Å²) in [6, 6.07) is 7.60. The number of rotatable bonds is 4. The quantitative estimate of drug-likeness (QED) is 0.770. The van der Waals surface area contributed by atoms with Crippen LogP contribution in [0.4, 0.5) is 4.79 Å². The van der Waals surface area contributed by atoms with Crippen molar-refractivity contribution >= 4 is 29.4 Å². The van der Waals surface area contributed by atoms with Gasteiger partial charge in [-0.1, -0.05) is 29.8 Å². The molecule has 2 rings (SSSR count). The number of hydrogen-bond donors (Lipinski definition) is 3. The van der Waals surface area contributed by atoms with Gasteiger partial charge >= 0.3 is 6.03 Å². The molecule has 0 saturated carbocycles. The van der Waals surface area contributed by atoms with Gasteiger partial charge < -0.3 is 5.32 Å². The van der Waals surface area contributed by atoms with Crippen LogP contribution in [0.25, 0.3) is 0 Å². The summed E-state index contributed by atoms with van der Waals surface area (Å²) in [5.41, 5.74) is 6.45. The lowest BCUT2D eigenvalue weighted by molar-refractivity contribution is 0.247. The Morgan fingerprint density at radius 2 is 2.19 bits per heavy atom. The van der Waals surface area contributed by atoms with Crippen LogP contribution >= 0.6 is 23.4 Å². The van der Waals surface area contributed by atoms with Gasteiger partial charge in [-0.2, -0.15) is 11.8 Å². The Balaban J connectivity index is 1.76. The van der Waals surface area contributed by atoms with Crippen molar-refractivity contribution < 1.29 is 4.79 Å². The number of carbonyl (C=O) groups excluding carboxylic acids is 1. The number of nitrogens with one attached hydrogen (secondary N) is 3. The maximum Gasteiger partial charge on any atom is 0.330 e. The molecule has 1 fully saturated rings. The number of benzene rings is 1. The smallest absolute Gasteiger partial charge is 0.319 e. The molecule has 4 nitrogen and oxygen atoms in total. The summed E-state index contributed by atoms with van der Waals surface area (Å²) in [5, 5.41) is 3.53. The van der Waals surface area contributed by atoms with Crippen LogP contribution in [0.15, 0.2) is 24.3 Å². The average Bonchev–Trinajstić information content (AvgIpc) is 2.67. The van der Waals surface area contributed by atoms with E-state index in [1.165, 1.54) is 0 Å². The van der Waals surface area contributed by atoms with E-state index in [1.807, 2.05) is 24.3 Å². The molecule has 16 heavy (non-hydrogen) atoms. The second-order valence-corrected chi connectivity index (χ2v) is 4.84. The fourth-order valence-corrected chi connectivity index (χ4v) is 2.64. The molecule has 1 heterocycles. The van der Waals surface area contributed by atoms with E-state index in [-0.39, 0.29) is 12.2 Å². The van der Waals surface area contributed by atoms with E-state index >= 15 is 0 Å². The Bertz CT molecular complexity index is 388. The highest BCUT2D eigenvalue weighted by atomic mass is 35.5. The molecule has 1 unspecified atom stereocenters. The number of thioether (sulfide) groups is 1. The van der Waals surface area contributed by atoms with Crippen LogP contribution in [-0.4, -0.2) is 17.9 Å². The second-order valence-electron chi connectivity index (χ2n) is 3.40. The molecule has 0 spiro atoms. The van der Waals surface area contributed by atoms with Gasteiger partial charge in [-0.25, -0.2) is 10.2 Å². The molecule has 6 heteroatoms. The van der Waals surface area contributed by atoms with E-state index in [2.05, 4.69) is 16.2 Å². The SMILES string of the molecule is O=C1NNC(CSCc2ccccc2Cl)N1. The van der Waals surface area contributed by atoms with E-state index in [9.17, 15) is 4.79 Å². The third kappa shape index (κ3) is 3.04. The molecule has 3 N–H and O–H groups in total. The van der Waals surface area contributed by atoms with Crippen molar-refractivity contribution in [3.05, 3.63) is 34.9 Å². The van der Waals surface area contributed by atoms with Crippen molar-refractivity contribution in [2.24, 2.45) is 0 Å². The minimum atomic E-state index is -0.177. The third-order valence-electron chi connectivity index (χ3n) is 2.17. The predicted octanol–water partition coefficient (Wildman–Crippen LogP) is 1.72. The first-order valence-electron chi connectivity index (χ1n) is 4.89. The molecule has 0 aliphatic carbocycles. The predicted molar refractivity (Wildman–Crippen MR) is 66.2 cm³/mol. The van der Waals surface area contributed by atoms with E-state index < -0.39 is 0 Å². The third-order valence-corrected chi connectivity index (χ3v) is 3.62. The first-order chi connectivity index (χ1) is 7.75. The molecule has 0 aromatic heterocycles. The largest absolute Gasteiger partial charge is 0.330 e. The van der Waals surface area contributed by atoms with Crippen molar-refractivity contribution in [2.45, 2.75) is 11.9 Å². The maximum atomic E-state index is 10.8. The minimum absolute atomic E-state index is 0.0139. The summed E-state index contributed by atoms with van der Waals surface area (Å²) in [6.07, 6.45) is -0.0139. The molecule has 1 aliphatic rings. The highest BCUT2D eigenvalue weighted by Gasteiger charge is 2.18. The summed E-state index contributed by atoms with van der Waals surface area (Å²) >= 11 is 7.75. The maximum absolute atomic E-state index is 10.8. The van der Waals surface area contributed by atoms with E-state index in [0.29, 0.717) is 0 Å². The molecular weight excluding hydrogens is 246 g/mol. The fraction of sp³-hybridized carbons (Fsp3) is 0.300. The minimum Gasteiger partial charge on any atom is -0.319 e. The molecule has 1 aromatic rings. The molecule has 1 aliphatic heterocycles. The molecule has 1 aromatic carbocycles. The zero-order chi connectivity index (χ0) is 11.4. The van der Waals surface area contributed by atoms with Crippen molar-refractivity contribution in [3.63, 3.8) is 0 Å². The van der Waals surface area contributed by atoms with Crippen LogP contribution in [0.2, 0.25) is 5.02 Å². The molecule has 2 amide bonds. The van der Waals surface area contributed by atoms with Crippen LogP contribution < -0.4 is 16.2 Å². The lowest BCUT2D eigenvalue weighted by atomic mass is 10.2. The molecule has 0 radical (unpaired) electrons. The summed E-state index contributed by atoms with van der Waals surface area (Å²) in [5.74, 6) is 1.64. The summed E-state index contributed by atoms with van der Waals surface area (Å²) in [6.45, 7) is 0. The van der Waals surface area contributed by atoms with Crippen LogP contribution in [0, 0.1) is 0 Å². The first-order valence-corrected chi connectivity index (χ1v) is 6.42. The Morgan fingerprint density at radius 1 is 1.38 bits per heavy atom. The van der Waals surface area contributed by atoms with Gasteiger partial charge in [0.1, 0.15) is 6.17 Å². The van der Waals surface area contributed by atoms with E-state index in [0.717, 1.165) is 22.1 Å². The van der Waals surface area contributed by atoms with Gasteiger partial charge in [0.15, 0.2) is 0 Å². The Labute approximate surface area is 103 Å². The van der Waals surface area contributed by atoms with Gasteiger partial charge in [-0.05, 0) is 11.6 Å². The molecule has 1 atom stereocenters. The zero-order valence-corrected chi connectivity index (χ0v) is 10.1. The lowest BCUT2D eigenvalue weighted by Crippen LogP contribution is -2.35. The van der Waals surface area contributed by atoms with Gasteiger partial charge in [-0.3, -0.25) is 5.43 Å². The standard InChI is InChI=1S/C10H12ClN3OS/c11-8-4-2-1-3-7(8)5-16-6-9-12-10(15)14-13-9/h1-4,9,13H,5-6H2,(H2,12,14,15). The highest BCUT2D eigenvalue weighted by molar-refractivity contribution is 7.98. The summed E-state index contributed by atoms with van der Waals surface area (Å²) in [4.78, 5) is 10.8. The molecule has 1 saturated heterocycles. The zero-order valence-electron chi connectivity index (χ0n) is 8.50. The van der Waals surface area contributed by atoms with Crippen molar-refractivity contribution in [1.29, 1.82) is 0 Å². The number of amides is 2. The van der Waals surface area contributed by atoms with Crippen LogP contribution in [-0.2, 0) is 5.75 Å². The Hall–Kier alpha value is -0.910. The topological polar surface area (TPSA) is 53.2 Å². The number of hydrogen-bond acceptors (Lipinski definition) is 3. The average molecular weight is 258 g/mol. The summed E-state index contributed by atoms with van der Waals surface area (Å²) in [7, 11) is 0. The van der Waals surface area contributed by atoms with Gasteiger partial charge in [0.05, 0.1) is 0 Å². The summed E-state index contributed by atoms with van der Waals surface area (Å²) < 4.78 is 0. The lowest BCUT2D eigenvalue weighted by Gasteiger charge is -2.09. The van der Waals surface area contributed by atoms with Crippen LogP contribution in [0.5, 0.6) is 0 Å². The fourth-order valence-electron chi connectivity index (χ4n) is 1.37. The first kappa shape index (κ1) is 11.6. The van der Waals surface area contributed by atoms with Crippen LogP contribution in [0.3, 0.4) is 0 Å². The number of urea groups is 1. The van der Waals surface area contributed by atoms with Gasteiger partial charge in [0.25, 0.3) is 0 Å². The van der Waals surface area contributed by atoms with E-state index in [1.54, 1.807) is 11.8 Å². The highest BCUT2D eigenvalue weighted by Crippen LogP contribution is 2.20.